The fraction of sp³-hybridized carbons (Fsp3) is 0.125. The van der Waals surface area contributed by atoms with Crippen LogP contribution in [0.3, 0.4) is 0 Å². The summed E-state index contributed by atoms with van der Waals surface area (Å²) >= 11 is 5.48. The molecule has 13 heavy (non-hydrogen) atoms. The van der Waals surface area contributed by atoms with Crippen LogP contribution >= 0.6 is 11.6 Å². The van der Waals surface area contributed by atoms with Crippen molar-refractivity contribution in [3.63, 3.8) is 0 Å². The van der Waals surface area contributed by atoms with Gasteiger partial charge in [-0.15, -0.1) is 0 Å². The molecule has 1 rings (SSSR count). The lowest BCUT2D eigenvalue weighted by Crippen LogP contribution is -2.22. The molecule has 70 valence electrons. The predicted octanol–water partition coefficient (Wildman–Crippen LogP) is 1.38. The van der Waals surface area contributed by atoms with Crippen molar-refractivity contribution in [3.05, 3.63) is 29.0 Å². The van der Waals surface area contributed by atoms with Gasteiger partial charge in [0.1, 0.15) is 0 Å². The van der Waals surface area contributed by atoms with Gasteiger partial charge in [0, 0.05) is 0 Å². The monoisotopic (exact) mass is 202 g/mol. The first-order valence-electron chi connectivity index (χ1n) is 3.59. The van der Waals surface area contributed by atoms with Crippen molar-refractivity contribution in [3.8, 4) is 0 Å². The zero-order valence-electron chi connectivity index (χ0n) is 6.68. The number of hydrogen-bond acceptors (Lipinski definition) is 2. The topological polar surface area (TPSA) is 55.1 Å². The molecule has 0 saturated heterocycles. The van der Waals surface area contributed by atoms with Gasteiger partial charge in [0.25, 0.3) is 0 Å². The minimum atomic E-state index is -0.647. The molecule has 0 spiro atoms. The molecule has 0 aliphatic heterocycles. The van der Waals surface area contributed by atoms with Gasteiger partial charge in [-0.05, 0) is 12.1 Å². The van der Waals surface area contributed by atoms with Crippen LogP contribution in [0.25, 0.3) is 0 Å². The van der Waals surface area contributed by atoms with Crippen molar-refractivity contribution in [1.82, 2.24) is 0 Å². The smallest absolute Gasteiger partial charge is 0.238 e. The Labute approximate surface area is 79.7 Å². The molecule has 0 aliphatic rings. The number of nitrogens with one attached hydrogen (secondary N) is 1. The molecular formula is C8H8ClFN2O. The van der Waals surface area contributed by atoms with Crippen molar-refractivity contribution in [2.75, 3.05) is 11.9 Å². The Hall–Kier alpha value is -1.13. The highest BCUT2D eigenvalue weighted by atomic mass is 35.5. The summed E-state index contributed by atoms with van der Waals surface area (Å²) in [6.07, 6.45) is 0. The molecule has 0 aromatic heterocycles. The second-order valence-corrected chi connectivity index (χ2v) is 2.76. The number of anilines is 1. The number of benzene rings is 1. The molecule has 5 heteroatoms. The van der Waals surface area contributed by atoms with E-state index in [1.807, 2.05) is 0 Å². The maximum atomic E-state index is 13.1. The fourth-order valence-corrected chi connectivity index (χ4v) is 0.976. The summed E-state index contributed by atoms with van der Waals surface area (Å²) in [5.74, 6) is -1.10. The number of hydrogen-bond donors (Lipinski definition) is 2. The lowest BCUT2D eigenvalue weighted by molar-refractivity contribution is -0.114. The zero-order valence-corrected chi connectivity index (χ0v) is 7.44. The minimum absolute atomic E-state index is 0.0326. The molecule has 0 bridgehead atoms. The molecule has 0 heterocycles. The SMILES string of the molecule is NCC(=O)Nc1cccc(Cl)c1F. The standard InChI is InChI=1S/C8H8ClFN2O/c9-5-2-1-3-6(8(5)10)12-7(13)4-11/h1-3H,4,11H2,(H,12,13). The van der Waals surface area contributed by atoms with Crippen LogP contribution in [0.15, 0.2) is 18.2 Å². The Bertz CT molecular complexity index is 330. The van der Waals surface area contributed by atoms with E-state index < -0.39 is 11.7 Å². The molecular weight excluding hydrogens is 195 g/mol. The molecule has 3 nitrogen and oxygen atoms in total. The van der Waals surface area contributed by atoms with E-state index in [1.165, 1.54) is 18.2 Å². The van der Waals surface area contributed by atoms with Crippen LogP contribution in [0.2, 0.25) is 5.02 Å². The Morgan fingerprint density at radius 2 is 2.31 bits per heavy atom. The first-order chi connectivity index (χ1) is 6.15. The van der Waals surface area contributed by atoms with Crippen LogP contribution in [0.1, 0.15) is 0 Å². The third-order valence-electron chi connectivity index (χ3n) is 1.41. The summed E-state index contributed by atoms with van der Waals surface area (Å²) in [5, 5.41) is 2.24. The molecule has 0 radical (unpaired) electrons. The summed E-state index contributed by atoms with van der Waals surface area (Å²) in [6.45, 7) is -0.189. The zero-order chi connectivity index (χ0) is 9.84. The summed E-state index contributed by atoms with van der Waals surface area (Å²) in [4.78, 5) is 10.8. The van der Waals surface area contributed by atoms with E-state index in [0.29, 0.717) is 0 Å². The average molecular weight is 203 g/mol. The molecule has 0 fully saturated rings. The summed E-state index contributed by atoms with van der Waals surface area (Å²) < 4.78 is 13.1. The second kappa shape index (κ2) is 4.20. The van der Waals surface area contributed by atoms with Gasteiger partial charge < -0.3 is 11.1 Å². The Balaban J connectivity index is 2.89. The number of carbonyl (C=O) groups excluding carboxylic acids is 1. The number of nitrogens with two attached hydrogens (primary N) is 1. The van der Waals surface area contributed by atoms with Crippen LogP contribution in [0.4, 0.5) is 10.1 Å². The van der Waals surface area contributed by atoms with Crippen molar-refractivity contribution >= 4 is 23.2 Å². The maximum Gasteiger partial charge on any atom is 0.238 e. The summed E-state index contributed by atoms with van der Waals surface area (Å²) in [6, 6.07) is 4.35. The Kier molecular flexibility index (Phi) is 3.22. The van der Waals surface area contributed by atoms with Gasteiger partial charge >= 0.3 is 0 Å². The van der Waals surface area contributed by atoms with E-state index in [1.54, 1.807) is 0 Å². The van der Waals surface area contributed by atoms with Gasteiger partial charge in [0.15, 0.2) is 5.82 Å². The third kappa shape index (κ3) is 2.40. The minimum Gasteiger partial charge on any atom is -0.322 e. The van der Waals surface area contributed by atoms with E-state index in [4.69, 9.17) is 17.3 Å². The van der Waals surface area contributed by atoms with Gasteiger partial charge in [-0.25, -0.2) is 4.39 Å². The Morgan fingerprint density at radius 1 is 1.62 bits per heavy atom. The molecule has 1 aromatic carbocycles. The number of halogens is 2. The lowest BCUT2D eigenvalue weighted by Gasteiger charge is -2.04. The normalized spacial score (nSPS) is 9.77. The molecule has 0 unspecified atom stereocenters. The second-order valence-electron chi connectivity index (χ2n) is 2.35. The van der Waals surface area contributed by atoms with Crippen LogP contribution < -0.4 is 11.1 Å². The average Bonchev–Trinajstić information content (AvgIpc) is 2.13. The molecule has 0 saturated carbocycles. The predicted molar refractivity (Wildman–Crippen MR) is 49.1 cm³/mol. The fourth-order valence-electron chi connectivity index (χ4n) is 0.802. The molecule has 0 aliphatic carbocycles. The molecule has 1 amide bonds. The van der Waals surface area contributed by atoms with E-state index in [9.17, 15) is 9.18 Å². The molecule has 1 aromatic rings. The van der Waals surface area contributed by atoms with Gasteiger partial charge in [-0.2, -0.15) is 0 Å². The number of amides is 1. The first kappa shape index (κ1) is 9.95. The maximum absolute atomic E-state index is 13.1. The van der Waals surface area contributed by atoms with Gasteiger partial charge in [-0.1, -0.05) is 17.7 Å². The van der Waals surface area contributed by atoms with E-state index >= 15 is 0 Å². The van der Waals surface area contributed by atoms with Crippen molar-refractivity contribution in [2.24, 2.45) is 5.73 Å². The largest absolute Gasteiger partial charge is 0.322 e. The van der Waals surface area contributed by atoms with E-state index in [-0.39, 0.29) is 17.3 Å². The van der Waals surface area contributed by atoms with Gasteiger partial charge in [-0.3, -0.25) is 4.79 Å². The molecule has 3 N–H and O–H groups in total. The summed E-state index contributed by atoms with van der Waals surface area (Å²) in [5.41, 5.74) is 5.08. The summed E-state index contributed by atoms with van der Waals surface area (Å²) in [7, 11) is 0. The number of rotatable bonds is 2. The van der Waals surface area contributed by atoms with Crippen LogP contribution in [0, 0.1) is 5.82 Å². The van der Waals surface area contributed by atoms with Gasteiger partial charge in [0.2, 0.25) is 5.91 Å². The number of carbonyl (C=O) groups is 1. The van der Waals surface area contributed by atoms with Crippen molar-refractivity contribution in [2.45, 2.75) is 0 Å². The Morgan fingerprint density at radius 3 is 2.92 bits per heavy atom. The van der Waals surface area contributed by atoms with Crippen LogP contribution in [-0.2, 0) is 4.79 Å². The highest BCUT2D eigenvalue weighted by Crippen LogP contribution is 2.21. The lowest BCUT2D eigenvalue weighted by atomic mass is 10.3. The highest BCUT2D eigenvalue weighted by Gasteiger charge is 2.07. The third-order valence-corrected chi connectivity index (χ3v) is 1.70. The van der Waals surface area contributed by atoms with Crippen LogP contribution in [-0.4, -0.2) is 12.5 Å². The van der Waals surface area contributed by atoms with E-state index in [2.05, 4.69) is 5.32 Å². The highest BCUT2D eigenvalue weighted by molar-refractivity contribution is 6.31. The quantitative estimate of drug-likeness (QED) is 0.761. The van der Waals surface area contributed by atoms with Crippen molar-refractivity contribution < 1.29 is 9.18 Å². The van der Waals surface area contributed by atoms with Crippen LogP contribution in [0.5, 0.6) is 0 Å². The van der Waals surface area contributed by atoms with E-state index in [0.717, 1.165) is 0 Å². The van der Waals surface area contributed by atoms with Crippen molar-refractivity contribution in [1.29, 1.82) is 0 Å². The first-order valence-corrected chi connectivity index (χ1v) is 3.97. The van der Waals surface area contributed by atoms with Gasteiger partial charge in [0.05, 0.1) is 17.3 Å². The molecule has 0 atom stereocenters.